The van der Waals surface area contributed by atoms with Crippen LogP contribution < -0.4 is 9.46 Å². The van der Waals surface area contributed by atoms with Gasteiger partial charge in [-0.2, -0.15) is 0 Å². The van der Waals surface area contributed by atoms with Crippen LogP contribution in [0, 0.1) is 0 Å². The third-order valence-corrected chi connectivity index (χ3v) is 4.21. The monoisotopic (exact) mass is 293 g/mol. The van der Waals surface area contributed by atoms with Crippen molar-refractivity contribution < 1.29 is 23.1 Å². The zero-order valence-corrected chi connectivity index (χ0v) is 11.2. The van der Waals surface area contributed by atoms with Crippen molar-refractivity contribution in [1.82, 2.24) is 0 Å². The maximum absolute atomic E-state index is 11.7. The number of benzene rings is 1. The van der Waals surface area contributed by atoms with Crippen molar-refractivity contribution in [2.45, 2.75) is 12.2 Å². The summed E-state index contributed by atoms with van der Waals surface area (Å²) in [5.41, 5.74) is 0.0733. The van der Waals surface area contributed by atoms with E-state index in [2.05, 4.69) is 4.72 Å². The highest BCUT2D eigenvalue weighted by Gasteiger charge is 2.28. The van der Waals surface area contributed by atoms with E-state index in [1.807, 2.05) is 0 Å². The van der Waals surface area contributed by atoms with Crippen LogP contribution in [-0.2, 0) is 14.8 Å². The van der Waals surface area contributed by atoms with E-state index in [4.69, 9.17) is 21.4 Å². The summed E-state index contributed by atoms with van der Waals surface area (Å²) >= 11 is 5.81. The lowest BCUT2D eigenvalue weighted by molar-refractivity contribution is -0.136. The van der Waals surface area contributed by atoms with Gasteiger partial charge in [-0.15, -0.1) is 0 Å². The molecule has 0 spiro atoms. The fourth-order valence-electron chi connectivity index (χ4n) is 1.08. The molecule has 0 saturated heterocycles. The zero-order chi connectivity index (χ0) is 13.9. The molecule has 8 heteroatoms. The summed E-state index contributed by atoms with van der Waals surface area (Å²) in [6.45, 7) is 1.07. The van der Waals surface area contributed by atoms with Gasteiger partial charge in [0.25, 0.3) is 0 Å². The molecule has 100 valence electrons. The molecule has 18 heavy (non-hydrogen) atoms. The van der Waals surface area contributed by atoms with E-state index in [9.17, 15) is 13.2 Å². The highest BCUT2D eigenvalue weighted by molar-refractivity contribution is 7.94. The number of ether oxygens (including phenoxy) is 1. The largest absolute Gasteiger partial charge is 0.497 e. The molecule has 0 aliphatic rings. The van der Waals surface area contributed by atoms with E-state index in [-0.39, 0.29) is 10.7 Å². The van der Waals surface area contributed by atoms with E-state index in [1.165, 1.54) is 19.2 Å². The Morgan fingerprint density at radius 3 is 2.61 bits per heavy atom. The van der Waals surface area contributed by atoms with Crippen molar-refractivity contribution in [2.24, 2.45) is 0 Å². The molecule has 0 aromatic heterocycles. The number of anilines is 1. The van der Waals surface area contributed by atoms with Gasteiger partial charge in [-0.25, -0.2) is 8.42 Å². The second-order valence-corrected chi connectivity index (χ2v) is 5.88. The van der Waals surface area contributed by atoms with Crippen molar-refractivity contribution in [1.29, 1.82) is 0 Å². The van der Waals surface area contributed by atoms with Crippen LogP contribution in [0.5, 0.6) is 5.75 Å². The molecule has 1 aromatic carbocycles. The molecule has 0 heterocycles. The van der Waals surface area contributed by atoms with Gasteiger partial charge in [0, 0.05) is 6.07 Å². The number of hydrogen-bond donors (Lipinski definition) is 2. The lowest BCUT2D eigenvalue weighted by atomic mass is 10.3. The molecular formula is C10H12ClNO5S. The Hall–Kier alpha value is -1.47. The predicted octanol–water partition coefficient (Wildman–Crippen LogP) is 1.56. The average Bonchev–Trinajstić information content (AvgIpc) is 2.30. The summed E-state index contributed by atoms with van der Waals surface area (Å²) in [6.07, 6.45) is 0. The van der Waals surface area contributed by atoms with Gasteiger partial charge in [-0.05, 0) is 19.1 Å². The Morgan fingerprint density at radius 1 is 1.50 bits per heavy atom. The molecule has 1 unspecified atom stereocenters. The number of nitrogens with one attached hydrogen (secondary N) is 1. The second kappa shape index (κ2) is 5.45. The Bertz CT molecular complexity index is 557. The molecule has 1 aromatic rings. The molecule has 0 saturated carbocycles. The molecule has 0 radical (unpaired) electrons. The maximum atomic E-state index is 11.7. The quantitative estimate of drug-likeness (QED) is 0.859. The number of methoxy groups -OCH3 is 1. The first-order chi connectivity index (χ1) is 8.27. The topological polar surface area (TPSA) is 92.7 Å². The first-order valence-electron chi connectivity index (χ1n) is 4.86. The van der Waals surface area contributed by atoms with Gasteiger partial charge in [-0.3, -0.25) is 9.52 Å². The SMILES string of the molecule is COc1ccc(Cl)c(NS(=O)(=O)C(C)C(=O)O)c1. The molecule has 1 rings (SSSR count). The molecule has 0 aliphatic heterocycles. The van der Waals surface area contributed by atoms with Crippen LogP contribution in [0.4, 0.5) is 5.69 Å². The molecule has 1 atom stereocenters. The third kappa shape index (κ3) is 3.27. The van der Waals surface area contributed by atoms with Crippen LogP contribution in [0.1, 0.15) is 6.92 Å². The number of aliphatic carboxylic acids is 1. The third-order valence-electron chi connectivity index (χ3n) is 2.24. The van der Waals surface area contributed by atoms with Gasteiger partial charge in [0.05, 0.1) is 17.8 Å². The molecule has 0 fully saturated rings. The molecular weight excluding hydrogens is 282 g/mol. The van der Waals surface area contributed by atoms with E-state index >= 15 is 0 Å². The number of sulfonamides is 1. The number of halogens is 1. The Kier molecular flexibility index (Phi) is 4.42. The first-order valence-corrected chi connectivity index (χ1v) is 6.78. The first kappa shape index (κ1) is 14.6. The van der Waals surface area contributed by atoms with Gasteiger partial charge >= 0.3 is 5.97 Å². The Labute approximate surface area is 110 Å². The molecule has 0 amide bonds. The summed E-state index contributed by atoms with van der Waals surface area (Å²) in [7, 11) is -2.63. The fraction of sp³-hybridized carbons (Fsp3) is 0.300. The van der Waals surface area contributed by atoms with Crippen LogP contribution in [0.3, 0.4) is 0 Å². The lowest BCUT2D eigenvalue weighted by Crippen LogP contribution is -2.32. The van der Waals surface area contributed by atoms with Crippen LogP contribution in [-0.4, -0.2) is 31.9 Å². The van der Waals surface area contributed by atoms with Gasteiger partial charge < -0.3 is 9.84 Å². The minimum atomic E-state index is -4.05. The van der Waals surface area contributed by atoms with Crippen molar-refractivity contribution in [3.05, 3.63) is 23.2 Å². The normalized spacial score (nSPS) is 12.8. The number of carboxylic acid groups (broad SMARTS) is 1. The van der Waals surface area contributed by atoms with Crippen LogP contribution >= 0.6 is 11.6 Å². The average molecular weight is 294 g/mol. The Balaban J connectivity index is 3.07. The minimum Gasteiger partial charge on any atom is -0.497 e. The summed E-state index contributed by atoms with van der Waals surface area (Å²) in [5.74, 6) is -1.04. The van der Waals surface area contributed by atoms with E-state index < -0.39 is 21.2 Å². The van der Waals surface area contributed by atoms with Crippen LogP contribution in [0.15, 0.2) is 18.2 Å². The highest BCUT2D eigenvalue weighted by Crippen LogP contribution is 2.28. The van der Waals surface area contributed by atoms with E-state index in [0.29, 0.717) is 5.75 Å². The van der Waals surface area contributed by atoms with Crippen molar-refractivity contribution in [3.63, 3.8) is 0 Å². The number of hydrogen-bond acceptors (Lipinski definition) is 4. The predicted molar refractivity (Wildman–Crippen MR) is 67.6 cm³/mol. The van der Waals surface area contributed by atoms with Gasteiger partial charge in [0.1, 0.15) is 5.75 Å². The molecule has 0 aliphatic carbocycles. The smallest absolute Gasteiger partial charge is 0.323 e. The summed E-state index contributed by atoms with van der Waals surface area (Å²) in [4.78, 5) is 10.7. The van der Waals surface area contributed by atoms with Crippen LogP contribution in [0.25, 0.3) is 0 Å². The number of carboxylic acids is 1. The van der Waals surface area contributed by atoms with Gasteiger partial charge in [-0.1, -0.05) is 11.6 Å². The van der Waals surface area contributed by atoms with Crippen molar-refractivity contribution >= 4 is 33.3 Å². The summed E-state index contributed by atoms with van der Waals surface area (Å²) in [6, 6.07) is 4.37. The standard InChI is InChI=1S/C10H12ClNO5S/c1-6(10(13)14)18(15,16)12-9-5-7(17-2)3-4-8(9)11/h3-6,12H,1-2H3,(H,13,14). The fourth-order valence-corrected chi connectivity index (χ4v) is 2.22. The summed E-state index contributed by atoms with van der Waals surface area (Å²) < 4.78 is 30.4. The number of rotatable bonds is 5. The van der Waals surface area contributed by atoms with E-state index in [1.54, 1.807) is 6.07 Å². The maximum Gasteiger partial charge on any atom is 0.323 e. The summed E-state index contributed by atoms with van der Waals surface area (Å²) in [5, 5.41) is 7.26. The van der Waals surface area contributed by atoms with Gasteiger partial charge in [0.2, 0.25) is 10.0 Å². The Morgan fingerprint density at radius 2 is 2.11 bits per heavy atom. The number of carbonyl (C=O) groups is 1. The van der Waals surface area contributed by atoms with Crippen molar-refractivity contribution in [3.8, 4) is 5.75 Å². The molecule has 2 N–H and O–H groups in total. The minimum absolute atomic E-state index is 0.0733. The van der Waals surface area contributed by atoms with Crippen molar-refractivity contribution in [2.75, 3.05) is 11.8 Å². The highest BCUT2D eigenvalue weighted by atomic mass is 35.5. The van der Waals surface area contributed by atoms with E-state index in [0.717, 1.165) is 6.92 Å². The van der Waals surface area contributed by atoms with Crippen LogP contribution in [0.2, 0.25) is 5.02 Å². The zero-order valence-electron chi connectivity index (χ0n) is 9.68. The molecule has 0 bridgehead atoms. The van der Waals surface area contributed by atoms with Gasteiger partial charge in [0.15, 0.2) is 5.25 Å². The molecule has 6 nitrogen and oxygen atoms in total. The lowest BCUT2D eigenvalue weighted by Gasteiger charge is -2.13. The second-order valence-electron chi connectivity index (χ2n) is 3.47.